The van der Waals surface area contributed by atoms with Crippen LogP contribution in [-0.2, 0) is 0 Å². The summed E-state index contributed by atoms with van der Waals surface area (Å²) in [6.07, 6.45) is 0. The molecule has 0 aliphatic rings. The van der Waals surface area contributed by atoms with Crippen molar-refractivity contribution in [2.75, 3.05) is 0 Å². The molecule has 0 aliphatic heterocycles. The van der Waals surface area contributed by atoms with Crippen LogP contribution in [0.2, 0.25) is 0 Å². The molecule has 0 unspecified atom stereocenters. The number of benzene rings is 17. The summed E-state index contributed by atoms with van der Waals surface area (Å²) in [5.74, 6) is 3.51. The van der Waals surface area contributed by atoms with Gasteiger partial charge in [0.05, 0.1) is 22.1 Å². The summed E-state index contributed by atoms with van der Waals surface area (Å²) in [5.41, 5.74) is 25.2. The second kappa shape index (κ2) is 27.7. The summed E-state index contributed by atoms with van der Waals surface area (Å²) in [6.45, 7) is 0. The highest BCUT2D eigenvalue weighted by molar-refractivity contribution is 6.17. The lowest BCUT2D eigenvalue weighted by Crippen LogP contribution is -2.00. The van der Waals surface area contributed by atoms with Crippen molar-refractivity contribution in [2.45, 2.75) is 0 Å². The average Bonchev–Trinajstić information content (AvgIpc) is 1.57. The number of rotatable bonds is 11. The lowest BCUT2D eigenvalue weighted by Gasteiger charge is -2.10. The molecule has 12 nitrogen and oxygen atoms in total. The van der Waals surface area contributed by atoms with Gasteiger partial charge in [-0.2, -0.15) is 0 Å². The minimum Gasteiger partial charge on any atom is -0.456 e. The van der Waals surface area contributed by atoms with E-state index in [1.54, 1.807) is 0 Å². The quantitative estimate of drug-likeness (QED) is 0.123. The summed E-state index contributed by atoms with van der Waals surface area (Å²) < 4.78 is 30.5. The van der Waals surface area contributed by atoms with E-state index in [9.17, 15) is 0 Å². The Morgan fingerprint density at radius 1 is 0.167 bits per heavy atom. The minimum absolute atomic E-state index is 0.573. The molecule has 0 aliphatic carbocycles. The maximum Gasteiger partial charge on any atom is 0.164 e. The molecule has 0 radical (unpaired) electrons. The van der Waals surface area contributed by atoms with Gasteiger partial charge in [0.1, 0.15) is 44.7 Å². The third-order valence-electron chi connectivity index (χ3n) is 23.4. The van der Waals surface area contributed by atoms with E-state index >= 15 is 0 Å². The molecule has 8 aromatic heterocycles. The van der Waals surface area contributed by atoms with Crippen molar-refractivity contribution in [1.82, 2.24) is 39.0 Å². The van der Waals surface area contributed by atoms with Crippen molar-refractivity contribution in [3.05, 3.63) is 388 Å². The fourth-order valence-electron chi connectivity index (χ4n) is 17.8. The van der Waals surface area contributed by atoms with Gasteiger partial charge in [0, 0.05) is 121 Å². The van der Waals surface area contributed by atoms with E-state index in [2.05, 4.69) is 276 Å². The van der Waals surface area contributed by atoms with Gasteiger partial charge in [0.2, 0.25) is 0 Å². The Labute approximate surface area is 685 Å². The number of para-hydroxylation sites is 8. The summed E-state index contributed by atoms with van der Waals surface area (Å²) in [5, 5.41) is 13.2. The molecule has 0 atom stereocenters. The molecular weight excluding hydrogens is 1470 g/mol. The standard InChI is InChI=1S/C57H34N4O2.C51H30N4O2/c1-3-13-36(14-4-1)55-58-56(37-27-25-35(26-28-37)41-19-11-20-44-43-18-8-10-23-50(43)63-54(41)44)60-57(59-55)45-21-12-24-52-53(45)47-34-39(30-32-51(47)62-52)38-29-31-49-46(33-38)42-17-7-9-22-48(42)61(49)40-15-5-2-6-16-40;1-2-12-32(13-3-1)49-52-50(33-26-24-31(25-27-33)35-17-10-18-39-38-16-6-9-22-44(38)57-48(35)39)54-51(53-49)40-19-11-23-46-47(40)41-30-34(28-29-45(41)56-46)55-42-20-7-4-14-36(42)37-15-5-8-21-43(37)55/h1-34H;1-30H. The Balaban J connectivity index is 0.000000137. The molecule has 120 heavy (non-hydrogen) atoms. The molecule has 25 aromatic rings. The Bertz CT molecular complexity index is 8360. The molecule has 0 bridgehead atoms. The number of nitrogens with zero attached hydrogens (tertiary/aromatic N) is 8. The van der Waals surface area contributed by atoms with E-state index in [1.165, 1.54) is 32.6 Å². The van der Waals surface area contributed by atoms with Crippen molar-refractivity contribution in [1.29, 1.82) is 0 Å². The van der Waals surface area contributed by atoms with Gasteiger partial charge in [-0.3, -0.25) is 0 Å². The highest BCUT2D eigenvalue weighted by Crippen LogP contribution is 2.45. The monoisotopic (exact) mass is 1540 g/mol. The van der Waals surface area contributed by atoms with Crippen molar-refractivity contribution < 1.29 is 17.7 Å². The van der Waals surface area contributed by atoms with Gasteiger partial charge in [0.25, 0.3) is 0 Å². The lowest BCUT2D eigenvalue weighted by atomic mass is 9.99. The average molecular weight is 1540 g/mol. The van der Waals surface area contributed by atoms with Crippen LogP contribution in [0.3, 0.4) is 0 Å². The lowest BCUT2D eigenvalue weighted by molar-refractivity contribution is 0.668. The predicted octanol–water partition coefficient (Wildman–Crippen LogP) is 28.5. The SMILES string of the molecule is c1ccc(-c2nc(-c3ccc(-c4cccc5c4oc4ccccc45)cc3)nc(-c3cccc4oc5ccc(-c6ccc7c(c6)c6ccccc6n7-c6ccccc6)cc5c34)n2)cc1.c1ccc(-c2nc(-c3ccc(-c4cccc5c4oc4ccccc45)cc3)nc(-c3cccc4oc5ccc(-n6c7ccccc7c7ccccc76)cc5c34)n2)cc1. The van der Waals surface area contributed by atoms with Crippen molar-refractivity contribution in [3.63, 3.8) is 0 Å². The highest BCUT2D eigenvalue weighted by Gasteiger charge is 2.25. The van der Waals surface area contributed by atoms with Crippen LogP contribution < -0.4 is 0 Å². The van der Waals surface area contributed by atoms with Gasteiger partial charge in [-0.1, -0.05) is 291 Å². The molecule has 0 N–H and O–H groups in total. The third kappa shape index (κ3) is 11.3. The fourth-order valence-corrected chi connectivity index (χ4v) is 17.8. The van der Waals surface area contributed by atoms with Crippen LogP contribution in [0.15, 0.2) is 406 Å². The topological polar surface area (TPSA) is 140 Å². The first-order valence-electron chi connectivity index (χ1n) is 40.1. The van der Waals surface area contributed by atoms with Gasteiger partial charge in [-0.15, -0.1) is 0 Å². The van der Waals surface area contributed by atoms with Crippen molar-refractivity contribution in [2.24, 2.45) is 0 Å². The van der Waals surface area contributed by atoms with E-state index in [4.69, 9.17) is 47.6 Å². The normalized spacial score (nSPS) is 11.8. The zero-order valence-electron chi connectivity index (χ0n) is 64.2. The van der Waals surface area contributed by atoms with Crippen LogP contribution in [0.5, 0.6) is 0 Å². The van der Waals surface area contributed by atoms with E-state index in [0.717, 1.165) is 177 Å². The molecule has 560 valence electrons. The molecule has 12 heteroatoms. The number of furan rings is 4. The molecular formula is C108H64N8O4. The first kappa shape index (κ1) is 68.0. The summed E-state index contributed by atoms with van der Waals surface area (Å²) >= 11 is 0. The maximum absolute atomic E-state index is 6.54. The second-order valence-corrected chi connectivity index (χ2v) is 30.3. The number of hydrogen-bond acceptors (Lipinski definition) is 10. The Morgan fingerprint density at radius 2 is 0.483 bits per heavy atom. The molecule has 0 fully saturated rings. The molecule has 0 spiro atoms. The third-order valence-corrected chi connectivity index (χ3v) is 23.4. The summed E-state index contributed by atoms with van der Waals surface area (Å²) in [6, 6.07) is 134. The Morgan fingerprint density at radius 3 is 0.975 bits per heavy atom. The van der Waals surface area contributed by atoms with Gasteiger partial charge >= 0.3 is 0 Å². The zero-order chi connectivity index (χ0) is 78.9. The van der Waals surface area contributed by atoms with Crippen LogP contribution in [0, 0.1) is 0 Å². The van der Waals surface area contributed by atoms with Crippen LogP contribution in [0.25, 0.3) is 244 Å². The van der Waals surface area contributed by atoms with Gasteiger partial charge in [0.15, 0.2) is 34.9 Å². The molecule has 0 saturated carbocycles. The predicted molar refractivity (Wildman–Crippen MR) is 486 cm³/mol. The van der Waals surface area contributed by atoms with Crippen molar-refractivity contribution >= 4 is 131 Å². The number of hydrogen-bond donors (Lipinski definition) is 0. The van der Waals surface area contributed by atoms with E-state index in [1.807, 2.05) is 121 Å². The smallest absolute Gasteiger partial charge is 0.164 e. The molecule has 17 aromatic carbocycles. The largest absolute Gasteiger partial charge is 0.456 e. The van der Waals surface area contributed by atoms with Crippen LogP contribution in [0.1, 0.15) is 0 Å². The van der Waals surface area contributed by atoms with E-state index < -0.39 is 0 Å². The molecule has 8 heterocycles. The van der Waals surface area contributed by atoms with Crippen molar-refractivity contribution in [3.8, 4) is 113 Å². The van der Waals surface area contributed by atoms with E-state index in [0.29, 0.717) is 34.9 Å². The summed E-state index contributed by atoms with van der Waals surface area (Å²) in [7, 11) is 0. The Hall–Kier alpha value is -16.4. The molecule has 0 amide bonds. The zero-order valence-corrected chi connectivity index (χ0v) is 64.2. The number of fused-ring (bicyclic) bond motifs is 18. The van der Waals surface area contributed by atoms with Crippen LogP contribution in [-0.4, -0.2) is 39.0 Å². The molecule has 0 saturated heterocycles. The van der Waals surface area contributed by atoms with Crippen LogP contribution >= 0.6 is 0 Å². The summed E-state index contributed by atoms with van der Waals surface area (Å²) in [4.78, 5) is 30.8. The maximum atomic E-state index is 6.54. The minimum atomic E-state index is 0.573. The van der Waals surface area contributed by atoms with Gasteiger partial charge in [-0.05, 0) is 119 Å². The van der Waals surface area contributed by atoms with Gasteiger partial charge in [-0.25, -0.2) is 29.9 Å². The van der Waals surface area contributed by atoms with Crippen LogP contribution in [0.4, 0.5) is 0 Å². The first-order valence-corrected chi connectivity index (χ1v) is 40.1. The highest BCUT2D eigenvalue weighted by atomic mass is 16.3. The first-order chi connectivity index (χ1) is 59.5. The fraction of sp³-hybridized carbons (Fsp3) is 0. The second-order valence-electron chi connectivity index (χ2n) is 30.3. The molecule has 25 rings (SSSR count). The van der Waals surface area contributed by atoms with Gasteiger partial charge < -0.3 is 26.8 Å². The van der Waals surface area contributed by atoms with E-state index in [-0.39, 0.29) is 0 Å². The number of aromatic nitrogens is 8. The Kier molecular flexibility index (Phi) is 15.7.